The average molecular weight is 722 g/mol. The van der Waals surface area contributed by atoms with Gasteiger partial charge in [0.15, 0.2) is 5.78 Å². The monoisotopic (exact) mass is 720 g/mol. The molecule has 1 aromatic rings. The van der Waals surface area contributed by atoms with Crippen molar-refractivity contribution in [3.63, 3.8) is 0 Å². The van der Waals surface area contributed by atoms with E-state index in [-0.39, 0.29) is 40.9 Å². The fraction of sp³-hybridized carbons (Fsp3) is 0.528. The van der Waals surface area contributed by atoms with Crippen molar-refractivity contribution in [2.75, 3.05) is 23.9 Å². The van der Waals surface area contributed by atoms with Gasteiger partial charge in [0.25, 0.3) is 11.8 Å². The zero-order valence-corrected chi connectivity index (χ0v) is 30.7. The van der Waals surface area contributed by atoms with E-state index in [9.17, 15) is 24.3 Å². The predicted octanol–water partition coefficient (Wildman–Crippen LogP) is 8.73. The van der Waals surface area contributed by atoms with Crippen molar-refractivity contribution >= 4 is 76.0 Å². The number of halogens is 2. The number of ether oxygens (including phenoxy) is 1. The summed E-state index contributed by atoms with van der Waals surface area (Å²) >= 11 is 14.0. The van der Waals surface area contributed by atoms with Crippen LogP contribution in [0.25, 0.3) is 6.08 Å². The van der Waals surface area contributed by atoms with Crippen molar-refractivity contribution in [1.29, 1.82) is 0 Å². The molecule has 1 heterocycles. The number of anilines is 1. The van der Waals surface area contributed by atoms with E-state index in [1.807, 2.05) is 25.6 Å². The van der Waals surface area contributed by atoms with Gasteiger partial charge in [0.2, 0.25) is 0 Å². The molecule has 0 bridgehead atoms. The molecule has 1 aromatic carbocycles. The van der Waals surface area contributed by atoms with Crippen LogP contribution in [0.3, 0.4) is 0 Å². The fourth-order valence-electron chi connectivity index (χ4n) is 6.03. The predicted molar refractivity (Wildman–Crippen MR) is 193 cm³/mol. The number of imide groups is 1. The Morgan fingerprint density at radius 3 is 2.31 bits per heavy atom. The Labute approximate surface area is 297 Å². The van der Waals surface area contributed by atoms with Gasteiger partial charge in [-0.25, -0.2) is 9.69 Å². The molecule has 0 saturated carbocycles. The van der Waals surface area contributed by atoms with Crippen LogP contribution >= 0.6 is 35.0 Å². The molecule has 1 aliphatic heterocycles. The van der Waals surface area contributed by atoms with Crippen LogP contribution < -0.4 is 4.90 Å². The Balaban J connectivity index is 0.000000265. The highest BCUT2D eigenvalue weighted by Gasteiger charge is 2.39. The SMILES string of the molecule is CCC/C(=N\OCC)C1=C(O)CC(CC(C)SCC)CC1=O.CCOC(=O)/C(Cl)=C/c1cc(N2C(=O)C3=C(CCCC3)C2=O)ccc1Cl. The smallest absolute Gasteiger partial charge is 0.349 e. The maximum atomic E-state index is 12.7. The van der Waals surface area contributed by atoms with Crippen molar-refractivity contribution in [2.45, 2.75) is 97.7 Å². The zero-order valence-electron chi connectivity index (χ0n) is 28.4. The Morgan fingerprint density at radius 2 is 1.75 bits per heavy atom. The quantitative estimate of drug-likeness (QED) is 0.0706. The topological polar surface area (TPSA) is 123 Å². The molecule has 0 saturated heterocycles. The van der Waals surface area contributed by atoms with Crippen LogP contribution in [-0.2, 0) is 28.8 Å². The maximum Gasteiger partial charge on any atom is 0.349 e. The van der Waals surface area contributed by atoms with E-state index in [0.717, 1.165) is 31.4 Å². The van der Waals surface area contributed by atoms with Gasteiger partial charge in [-0.15, -0.1) is 0 Å². The number of hydrogen-bond donors (Lipinski definition) is 1. The van der Waals surface area contributed by atoms with Crippen LogP contribution in [0.2, 0.25) is 5.02 Å². The minimum absolute atomic E-state index is 0.00866. The number of aliphatic hydroxyl groups is 1. The van der Waals surface area contributed by atoms with E-state index < -0.39 is 5.97 Å². The molecular formula is C36H46Cl2N2O7S. The number of amides is 2. The van der Waals surface area contributed by atoms with Gasteiger partial charge in [0, 0.05) is 34.3 Å². The number of hydrogen-bond acceptors (Lipinski definition) is 9. The molecule has 48 heavy (non-hydrogen) atoms. The molecule has 2 amide bonds. The number of ketones is 1. The van der Waals surface area contributed by atoms with E-state index in [2.05, 4.69) is 19.0 Å². The summed E-state index contributed by atoms with van der Waals surface area (Å²) in [6, 6.07) is 4.74. The van der Waals surface area contributed by atoms with Crippen LogP contribution in [-0.4, -0.2) is 58.6 Å². The first kappa shape index (κ1) is 39.4. The number of benzene rings is 1. The molecule has 9 nitrogen and oxygen atoms in total. The Bertz CT molecular complexity index is 1470. The van der Waals surface area contributed by atoms with Crippen molar-refractivity contribution in [2.24, 2.45) is 11.1 Å². The second kappa shape index (κ2) is 19.2. The maximum absolute atomic E-state index is 12.7. The molecule has 0 aromatic heterocycles. The van der Waals surface area contributed by atoms with Gasteiger partial charge in [-0.1, -0.05) is 55.5 Å². The third-order valence-corrected chi connectivity index (χ3v) is 9.80. The molecule has 2 unspecified atom stereocenters. The molecule has 2 atom stereocenters. The second-order valence-corrected chi connectivity index (χ2v) is 14.3. The summed E-state index contributed by atoms with van der Waals surface area (Å²) in [5.41, 5.74) is 3.05. The minimum atomic E-state index is -0.666. The summed E-state index contributed by atoms with van der Waals surface area (Å²) in [4.78, 5) is 55.8. The summed E-state index contributed by atoms with van der Waals surface area (Å²) in [5, 5.41) is 15.1. The first-order chi connectivity index (χ1) is 23.0. The number of allylic oxidation sites excluding steroid dienone is 2. The van der Waals surface area contributed by atoms with Gasteiger partial charge in [-0.3, -0.25) is 14.4 Å². The van der Waals surface area contributed by atoms with Crippen LogP contribution in [0, 0.1) is 5.92 Å². The number of thioether (sulfide) groups is 1. The number of oxime groups is 1. The number of Topliss-reactive ketones (excluding diaryl/α,β-unsaturated/α-hetero) is 1. The van der Waals surface area contributed by atoms with Gasteiger partial charge in [-0.05, 0) is 93.9 Å². The third kappa shape index (κ3) is 10.2. The number of esters is 1. The second-order valence-electron chi connectivity index (χ2n) is 11.8. The van der Waals surface area contributed by atoms with Crippen molar-refractivity contribution in [3.05, 3.63) is 56.3 Å². The fourth-order valence-corrected chi connectivity index (χ4v) is 7.36. The summed E-state index contributed by atoms with van der Waals surface area (Å²) in [6.45, 7) is 10.5. The van der Waals surface area contributed by atoms with Crippen LogP contribution in [0.1, 0.15) is 98.0 Å². The lowest BCUT2D eigenvalue weighted by molar-refractivity contribution is -0.137. The lowest BCUT2D eigenvalue weighted by Gasteiger charge is -2.25. The molecule has 4 rings (SSSR count). The highest BCUT2D eigenvalue weighted by Crippen LogP contribution is 2.37. The molecule has 0 fully saturated rings. The Kier molecular flexibility index (Phi) is 15.7. The van der Waals surface area contributed by atoms with E-state index in [1.165, 1.54) is 11.0 Å². The third-order valence-electron chi connectivity index (χ3n) is 8.10. The standard InChI is InChI=1S/C19H17Cl2NO4.C17H29NO3S/c1-2-26-19(25)16(21)10-11-9-12(7-8-15(11)20)22-17(23)13-5-3-4-6-14(13)18(22)24;1-5-8-14(18-21-6-2)17-15(19)10-13(11-16(17)20)9-12(4)22-7-3/h7-10H,2-6H2,1H3;12-13,19H,5-11H2,1-4H3/b16-10-;18-14+. The summed E-state index contributed by atoms with van der Waals surface area (Å²) in [7, 11) is 0. The molecule has 262 valence electrons. The molecular weight excluding hydrogens is 675 g/mol. The highest BCUT2D eigenvalue weighted by atomic mass is 35.5. The minimum Gasteiger partial charge on any atom is -0.511 e. The Hall–Kier alpha value is -3.08. The summed E-state index contributed by atoms with van der Waals surface area (Å²) < 4.78 is 4.84. The van der Waals surface area contributed by atoms with Gasteiger partial charge in [-0.2, -0.15) is 11.8 Å². The largest absolute Gasteiger partial charge is 0.511 e. The molecule has 12 heteroatoms. The van der Waals surface area contributed by atoms with E-state index in [4.69, 9.17) is 32.8 Å². The van der Waals surface area contributed by atoms with Gasteiger partial charge in [0.1, 0.15) is 17.4 Å². The normalized spacial score (nSPS) is 19.3. The Morgan fingerprint density at radius 1 is 1.08 bits per heavy atom. The number of aliphatic hydroxyl groups excluding tert-OH is 1. The zero-order chi connectivity index (χ0) is 35.4. The number of carbonyl (C=O) groups is 4. The molecule has 2 aliphatic carbocycles. The average Bonchev–Trinajstić information content (AvgIpc) is 3.30. The molecule has 0 radical (unpaired) electrons. The molecule has 3 aliphatic rings. The van der Waals surface area contributed by atoms with Gasteiger partial charge in [0.05, 0.1) is 23.6 Å². The number of rotatable bonds is 13. The van der Waals surface area contributed by atoms with Crippen molar-refractivity contribution < 1.29 is 33.9 Å². The lowest BCUT2D eigenvalue weighted by Crippen LogP contribution is -2.31. The summed E-state index contributed by atoms with van der Waals surface area (Å²) in [5.74, 6) is 0.297. The number of carbonyl (C=O) groups excluding carboxylic acids is 4. The lowest BCUT2D eigenvalue weighted by atomic mass is 9.82. The molecule has 1 N–H and O–H groups in total. The van der Waals surface area contributed by atoms with Crippen LogP contribution in [0.15, 0.2) is 50.9 Å². The van der Waals surface area contributed by atoms with Crippen molar-refractivity contribution in [3.8, 4) is 0 Å². The van der Waals surface area contributed by atoms with Gasteiger partial charge >= 0.3 is 5.97 Å². The highest BCUT2D eigenvalue weighted by molar-refractivity contribution is 7.99. The van der Waals surface area contributed by atoms with Crippen LogP contribution in [0.4, 0.5) is 5.69 Å². The summed E-state index contributed by atoms with van der Waals surface area (Å²) in [6.07, 6.45) is 8.01. The first-order valence-electron chi connectivity index (χ1n) is 16.7. The van der Waals surface area contributed by atoms with Crippen LogP contribution in [0.5, 0.6) is 0 Å². The first-order valence-corrected chi connectivity index (χ1v) is 18.5. The van der Waals surface area contributed by atoms with E-state index in [1.54, 1.807) is 25.1 Å². The number of nitrogens with zero attached hydrogens (tertiary/aromatic N) is 2. The van der Waals surface area contributed by atoms with Crippen molar-refractivity contribution in [1.82, 2.24) is 0 Å². The molecule has 0 spiro atoms. The van der Waals surface area contributed by atoms with Gasteiger partial charge < -0.3 is 14.7 Å². The van der Waals surface area contributed by atoms with E-state index >= 15 is 0 Å². The van der Waals surface area contributed by atoms with E-state index in [0.29, 0.717) is 82.7 Å².